The van der Waals surface area contributed by atoms with Crippen LogP contribution in [-0.2, 0) is 9.59 Å². The number of Topliss-reactive ketones (excluding diaryl/α,β-unsaturated/α-hetero) is 1. The Bertz CT molecular complexity index is 1160. The van der Waals surface area contributed by atoms with Crippen LogP contribution in [0.5, 0.6) is 5.75 Å². The van der Waals surface area contributed by atoms with Crippen LogP contribution in [0.1, 0.15) is 17.2 Å². The molecule has 0 bridgehead atoms. The van der Waals surface area contributed by atoms with Crippen LogP contribution in [0.15, 0.2) is 78.5 Å². The number of pyridine rings is 1. The monoisotopic (exact) mass is 420 g/mol. The van der Waals surface area contributed by atoms with Crippen LogP contribution in [0.2, 0.25) is 5.02 Å². The Morgan fingerprint density at radius 1 is 1.07 bits per heavy atom. The summed E-state index contributed by atoms with van der Waals surface area (Å²) in [4.78, 5) is 31.5. The molecule has 7 heteroatoms. The zero-order valence-corrected chi connectivity index (χ0v) is 16.7. The maximum Gasteiger partial charge on any atom is 0.301 e. The Morgan fingerprint density at radius 2 is 1.87 bits per heavy atom. The van der Waals surface area contributed by atoms with Crippen LogP contribution in [0.4, 0.5) is 5.82 Å². The van der Waals surface area contributed by atoms with E-state index >= 15 is 0 Å². The van der Waals surface area contributed by atoms with Crippen LogP contribution in [0.25, 0.3) is 5.76 Å². The van der Waals surface area contributed by atoms with E-state index in [1.165, 1.54) is 18.2 Å². The maximum atomic E-state index is 13.0. The fourth-order valence-corrected chi connectivity index (χ4v) is 3.68. The Kier molecular flexibility index (Phi) is 5.25. The molecule has 6 nitrogen and oxygen atoms in total. The lowest BCUT2D eigenvalue weighted by molar-refractivity contribution is -0.132. The number of carbonyl (C=O) groups excluding carboxylic acids is 2. The number of aromatic nitrogens is 1. The van der Waals surface area contributed by atoms with E-state index < -0.39 is 17.7 Å². The number of halogens is 1. The van der Waals surface area contributed by atoms with Gasteiger partial charge in [0.25, 0.3) is 5.78 Å². The van der Waals surface area contributed by atoms with Gasteiger partial charge < -0.3 is 9.84 Å². The van der Waals surface area contributed by atoms with Gasteiger partial charge in [-0.25, -0.2) is 4.98 Å². The van der Waals surface area contributed by atoms with Gasteiger partial charge in [0.05, 0.1) is 18.7 Å². The first-order chi connectivity index (χ1) is 14.5. The number of aliphatic hydroxyl groups excluding tert-OH is 1. The molecule has 1 fully saturated rings. The van der Waals surface area contributed by atoms with Crippen molar-refractivity contribution in [2.75, 3.05) is 12.0 Å². The summed E-state index contributed by atoms with van der Waals surface area (Å²) in [5, 5.41) is 11.5. The highest BCUT2D eigenvalue weighted by Crippen LogP contribution is 2.42. The number of methoxy groups -OCH3 is 1. The van der Waals surface area contributed by atoms with E-state index in [1.54, 1.807) is 66.7 Å². The lowest BCUT2D eigenvalue weighted by Crippen LogP contribution is -2.30. The third kappa shape index (κ3) is 3.42. The number of hydrogen-bond acceptors (Lipinski definition) is 5. The van der Waals surface area contributed by atoms with E-state index in [0.717, 1.165) is 0 Å². The van der Waals surface area contributed by atoms with Crippen molar-refractivity contribution < 1.29 is 19.4 Å². The number of amides is 1. The van der Waals surface area contributed by atoms with Gasteiger partial charge in [-0.2, -0.15) is 0 Å². The van der Waals surface area contributed by atoms with Crippen LogP contribution in [0, 0.1) is 0 Å². The Hall–Kier alpha value is -3.64. The molecule has 30 heavy (non-hydrogen) atoms. The highest BCUT2D eigenvalue weighted by atomic mass is 35.5. The number of rotatable bonds is 4. The van der Waals surface area contributed by atoms with Gasteiger partial charge in [-0.1, -0.05) is 41.9 Å². The molecule has 2 heterocycles. The molecular formula is C23H17ClN2O4. The van der Waals surface area contributed by atoms with Gasteiger partial charge >= 0.3 is 5.91 Å². The Balaban J connectivity index is 1.95. The van der Waals surface area contributed by atoms with Crippen molar-refractivity contribution in [3.63, 3.8) is 0 Å². The van der Waals surface area contributed by atoms with E-state index in [1.807, 2.05) is 0 Å². The first kappa shape index (κ1) is 19.7. The van der Waals surface area contributed by atoms with E-state index in [2.05, 4.69) is 4.98 Å². The van der Waals surface area contributed by atoms with Crippen LogP contribution >= 0.6 is 11.6 Å². The van der Waals surface area contributed by atoms with Crippen molar-refractivity contribution >= 4 is 34.9 Å². The molecule has 1 aliphatic rings. The quantitative estimate of drug-likeness (QED) is 0.385. The summed E-state index contributed by atoms with van der Waals surface area (Å²) in [6, 6.07) is 17.7. The molecule has 1 aromatic heterocycles. The van der Waals surface area contributed by atoms with Gasteiger partial charge in [0.2, 0.25) is 0 Å². The second kappa shape index (κ2) is 8.00. The molecule has 2 aromatic carbocycles. The first-order valence-electron chi connectivity index (χ1n) is 9.13. The summed E-state index contributed by atoms with van der Waals surface area (Å²) >= 11 is 6.17. The minimum Gasteiger partial charge on any atom is -0.507 e. The Labute approximate surface area is 178 Å². The zero-order chi connectivity index (χ0) is 21.3. The molecule has 4 rings (SSSR count). The summed E-state index contributed by atoms with van der Waals surface area (Å²) in [6.45, 7) is 0. The molecule has 3 aromatic rings. The van der Waals surface area contributed by atoms with Gasteiger partial charge in [-0.05, 0) is 42.0 Å². The smallest absolute Gasteiger partial charge is 0.301 e. The molecule has 0 unspecified atom stereocenters. The second-order valence-corrected chi connectivity index (χ2v) is 7.08. The van der Waals surface area contributed by atoms with E-state index in [9.17, 15) is 14.7 Å². The first-order valence-corrected chi connectivity index (χ1v) is 9.51. The highest BCUT2D eigenvalue weighted by molar-refractivity contribution is 6.51. The van der Waals surface area contributed by atoms with Crippen LogP contribution < -0.4 is 9.64 Å². The molecule has 1 aliphatic heterocycles. The average Bonchev–Trinajstić information content (AvgIpc) is 3.04. The summed E-state index contributed by atoms with van der Waals surface area (Å²) in [7, 11) is 1.51. The van der Waals surface area contributed by atoms with Gasteiger partial charge in [-0.15, -0.1) is 0 Å². The van der Waals surface area contributed by atoms with Crippen molar-refractivity contribution in [3.8, 4) is 5.75 Å². The van der Waals surface area contributed by atoms with Crippen LogP contribution in [0.3, 0.4) is 0 Å². The van der Waals surface area contributed by atoms with E-state index in [-0.39, 0.29) is 11.3 Å². The average molecular weight is 421 g/mol. The van der Waals surface area contributed by atoms with Gasteiger partial charge in [0.1, 0.15) is 17.3 Å². The van der Waals surface area contributed by atoms with Crippen LogP contribution in [-0.4, -0.2) is 28.9 Å². The normalized spacial score (nSPS) is 17.9. The summed E-state index contributed by atoms with van der Waals surface area (Å²) < 4.78 is 5.21. The minimum absolute atomic E-state index is 0.0406. The number of hydrogen-bond donors (Lipinski definition) is 1. The van der Waals surface area contributed by atoms with Gasteiger partial charge in [0.15, 0.2) is 0 Å². The molecule has 1 atom stereocenters. The van der Waals surface area contributed by atoms with Gasteiger partial charge in [0, 0.05) is 16.8 Å². The summed E-state index contributed by atoms with van der Waals surface area (Å²) in [5.41, 5.74) is 0.901. The van der Waals surface area contributed by atoms with Crippen molar-refractivity contribution in [1.29, 1.82) is 0 Å². The molecule has 0 radical (unpaired) electrons. The maximum absolute atomic E-state index is 13.0. The lowest BCUT2D eigenvalue weighted by Gasteiger charge is -2.24. The largest absolute Gasteiger partial charge is 0.507 e. The molecule has 0 saturated carbocycles. The molecule has 0 aliphatic carbocycles. The second-order valence-electron chi connectivity index (χ2n) is 6.64. The van der Waals surface area contributed by atoms with Crippen molar-refractivity contribution in [2.24, 2.45) is 0 Å². The standard InChI is InChI=1S/C23H17ClN2O4/c1-30-17-9-5-7-15(13-17)21(27)19-20(14-6-4-8-16(24)12-14)26(23(29)22(19)28)18-10-2-3-11-25-18/h2-13,20,27H,1H3/t20-/m0/s1. The lowest BCUT2D eigenvalue weighted by atomic mass is 9.95. The van der Waals surface area contributed by atoms with Crippen molar-refractivity contribution in [2.45, 2.75) is 6.04 Å². The van der Waals surface area contributed by atoms with E-state index in [0.29, 0.717) is 27.7 Å². The van der Waals surface area contributed by atoms with Crippen molar-refractivity contribution in [3.05, 3.63) is 94.6 Å². The fraction of sp³-hybridized carbons (Fsp3) is 0.0870. The number of benzene rings is 2. The topological polar surface area (TPSA) is 79.7 Å². The SMILES string of the molecule is COc1cccc(C(O)=C2C(=O)C(=O)N(c3ccccn3)[C@H]2c2cccc(Cl)c2)c1. The number of nitrogens with zero attached hydrogens (tertiary/aromatic N) is 2. The number of ether oxygens (including phenoxy) is 1. The van der Waals surface area contributed by atoms with E-state index in [4.69, 9.17) is 16.3 Å². The molecule has 1 N–H and O–H groups in total. The molecular weight excluding hydrogens is 404 g/mol. The molecule has 0 spiro atoms. The predicted octanol–water partition coefficient (Wildman–Crippen LogP) is 4.37. The third-order valence-corrected chi connectivity index (χ3v) is 5.08. The van der Waals surface area contributed by atoms with Gasteiger partial charge in [-0.3, -0.25) is 14.5 Å². The number of ketones is 1. The summed E-state index contributed by atoms with van der Waals surface area (Å²) in [6.07, 6.45) is 1.53. The molecule has 1 saturated heterocycles. The number of aliphatic hydroxyl groups is 1. The Morgan fingerprint density at radius 3 is 2.57 bits per heavy atom. The van der Waals surface area contributed by atoms with Crippen molar-refractivity contribution in [1.82, 2.24) is 4.98 Å². The predicted molar refractivity (Wildman–Crippen MR) is 113 cm³/mol. The highest BCUT2D eigenvalue weighted by Gasteiger charge is 2.47. The zero-order valence-electron chi connectivity index (χ0n) is 15.9. The molecule has 1 amide bonds. The number of anilines is 1. The minimum atomic E-state index is -0.884. The summed E-state index contributed by atoms with van der Waals surface area (Å²) in [5.74, 6) is -1.06. The number of carbonyl (C=O) groups is 2. The fourth-order valence-electron chi connectivity index (χ4n) is 3.48. The third-order valence-electron chi connectivity index (χ3n) is 4.85. The molecule has 150 valence electrons.